The van der Waals surface area contributed by atoms with Crippen LogP contribution in [0.3, 0.4) is 0 Å². The van der Waals surface area contributed by atoms with Gasteiger partial charge < -0.3 is 4.42 Å². The molecule has 0 amide bonds. The number of hydrogen-bond acceptors (Lipinski definition) is 6. The molecule has 0 aliphatic carbocycles. The number of benzene rings is 2. The predicted molar refractivity (Wildman–Crippen MR) is 102 cm³/mol. The Bertz CT molecular complexity index is 1280. The number of fused-ring (bicyclic) bond motifs is 1. The van der Waals surface area contributed by atoms with Gasteiger partial charge in [0.15, 0.2) is 15.4 Å². The molecule has 148 valence electrons. The van der Waals surface area contributed by atoms with Crippen molar-refractivity contribution in [3.05, 3.63) is 59.1 Å². The molecule has 2 aromatic carbocycles. The number of aromatic amines is 1. The van der Waals surface area contributed by atoms with Gasteiger partial charge in [0.2, 0.25) is 10.0 Å². The topological polar surface area (TPSA) is 118 Å². The summed E-state index contributed by atoms with van der Waals surface area (Å²) in [6.07, 6.45) is 1.05. The first kappa shape index (κ1) is 18.9. The Morgan fingerprint density at radius 2 is 1.79 bits per heavy atom. The van der Waals surface area contributed by atoms with E-state index in [1.807, 2.05) is 0 Å². The number of rotatable bonds is 5. The summed E-state index contributed by atoms with van der Waals surface area (Å²) in [6, 6.07) is 11.5. The van der Waals surface area contributed by atoms with Gasteiger partial charge in [-0.05, 0) is 43.2 Å². The number of H-pyrrole nitrogens is 1. The van der Waals surface area contributed by atoms with Crippen LogP contribution in [0.4, 0.5) is 0 Å². The van der Waals surface area contributed by atoms with E-state index in [9.17, 15) is 21.6 Å². The van der Waals surface area contributed by atoms with Crippen LogP contribution in [0.25, 0.3) is 11.1 Å². The lowest BCUT2D eigenvalue weighted by atomic mass is 10.3. The molecule has 1 unspecified atom stereocenters. The van der Waals surface area contributed by atoms with Crippen LogP contribution >= 0.6 is 0 Å². The molecule has 8 nitrogen and oxygen atoms in total. The van der Waals surface area contributed by atoms with Crippen molar-refractivity contribution in [2.45, 2.75) is 28.7 Å². The maximum Gasteiger partial charge on any atom is 0.417 e. The summed E-state index contributed by atoms with van der Waals surface area (Å²) in [5.41, 5.74) is 0.535. The summed E-state index contributed by atoms with van der Waals surface area (Å²) in [4.78, 5) is 13.9. The van der Waals surface area contributed by atoms with E-state index in [1.54, 1.807) is 18.2 Å². The van der Waals surface area contributed by atoms with Gasteiger partial charge in [0.05, 0.1) is 21.1 Å². The van der Waals surface area contributed by atoms with E-state index in [0.717, 1.165) is 0 Å². The Hall–Kier alpha value is -2.43. The molecule has 1 fully saturated rings. The van der Waals surface area contributed by atoms with E-state index in [4.69, 9.17) is 4.42 Å². The van der Waals surface area contributed by atoms with Crippen LogP contribution in [0.1, 0.15) is 12.8 Å². The molecule has 0 spiro atoms. The zero-order valence-electron chi connectivity index (χ0n) is 14.7. The van der Waals surface area contributed by atoms with Crippen molar-refractivity contribution in [1.82, 2.24) is 9.29 Å². The van der Waals surface area contributed by atoms with Crippen LogP contribution in [-0.2, 0) is 19.9 Å². The highest BCUT2D eigenvalue weighted by molar-refractivity contribution is 7.91. The smallest absolute Gasteiger partial charge is 0.408 e. The number of hydrogen-bond donors (Lipinski definition) is 1. The minimum absolute atomic E-state index is 0.0129. The van der Waals surface area contributed by atoms with Crippen LogP contribution in [0.15, 0.2) is 67.5 Å². The summed E-state index contributed by atoms with van der Waals surface area (Å²) >= 11 is 0. The molecule has 10 heteroatoms. The van der Waals surface area contributed by atoms with Gasteiger partial charge >= 0.3 is 5.76 Å². The molecule has 1 aliphatic heterocycles. The lowest BCUT2D eigenvalue weighted by Crippen LogP contribution is -2.39. The van der Waals surface area contributed by atoms with E-state index >= 15 is 0 Å². The fourth-order valence-electron chi connectivity index (χ4n) is 3.50. The number of sulfone groups is 1. The Balaban J connectivity index is 1.65. The largest absolute Gasteiger partial charge is 0.417 e. The molecule has 1 aliphatic rings. The lowest BCUT2D eigenvalue weighted by Gasteiger charge is -2.24. The summed E-state index contributed by atoms with van der Waals surface area (Å²) in [5, 5.41) is 0. The monoisotopic (exact) mass is 422 g/mol. The van der Waals surface area contributed by atoms with E-state index in [1.165, 1.54) is 34.6 Å². The molecule has 1 atom stereocenters. The number of oxazole rings is 1. The molecule has 0 bridgehead atoms. The van der Waals surface area contributed by atoms with Crippen LogP contribution in [0.2, 0.25) is 0 Å². The number of nitrogens with zero attached hydrogens (tertiary/aromatic N) is 1. The zero-order chi connectivity index (χ0) is 19.9. The minimum atomic E-state index is -3.92. The fourth-order valence-corrected chi connectivity index (χ4v) is 6.93. The van der Waals surface area contributed by atoms with E-state index < -0.39 is 31.7 Å². The van der Waals surface area contributed by atoms with Gasteiger partial charge in [-0.3, -0.25) is 4.98 Å². The van der Waals surface area contributed by atoms with Gasteiger partial charge in [-0.15, -0.1) is 0 Å². The zero-order valence-corrected chi connectivity index (χ0v) is 16.4. The third kappa shape index (κ3) is 3.38. The molecule has 4 rings (SSSR count). The van der Waals surface area contributed by atoms with Crippen molar-refractivity contribution in [3.63, 3.8) is 0 Å². The minimum Gasteiger partial charge on any atom is -0.408 e. The Labute approximate surface area is 161 Å². The summed E-state index contributed by atoms with van der Waals surface area (Å²) in [5.74, 6) is -0.946. The second-order valence-electron chi connectivity index (χ2n) is 6.68. The average Bonchev–Trinajstić information content (AvgIpc) is 3.27. The molecule has 1 aromatic heterocycles. The molecule has 0 radical (unpaired) electrons. The fraction of sp³-hybridized carbons (Fsp3) is 0.278. The predicted octanol–water partition coefficient (Wildman–Crippen LogP) is 1.75. The number of sulfonamides is 1. The van der Waals surface area contributed by atoms with Gasteiger partial charge in [0.1, 0.15) is 0 Å². The maximum absolute atomic E-state index is 13.1. The molecule has 0 saturated carbocycles. The summed E-state index contributed by atoms with van der Waals surface area (Å²) in [6.45, 7) is 0.247. The Morgan fingerprint density at radius 1 is 1.04 bits per heavy atom. The number of aromatic nitrogens is 1. The lowest BCUT2D eigenvalue weighted by molar-refractivity contribution is 0.408. The SMILES string of the molecule is O=c1[nH]c2cc(S(=O)(=O)N3CCCC3CS(=O)(=O)c3ccccc3)ccc2o1. The molecule has 1 saturated heterocycles. The normalized spacial score (nSPS) is 18.6. The van der Waals surface area contributed by atoms with Gasteiger partial charge in [0, 0.05) is 12.6 Å². The second-order valence-corrected chi connectivity index (χ2v) is 10.6. The van der Waals surface area contributed by atoms with Crippen molar-refractivity contribution in [2.75, 3.05) is 12.3 Å². The van der Waals surface area contributed by atoms with Crippen molar-refractivity contribution in [3.8, 4) is 0 Å². The average molecular weight is 422 g/mol. The standard InChI is InChI=1S/C18H18N2O6S2/c21-18-19-16-11-15(8-9-17(16)26-18)28(24,25)20-10-4-5-13(20)12-27(22,23)14-6-2-1-3-7-14/h1-3,6-9,11,13H,4-5,10,12H2,(H,19,21). The number of nitrogens with one attached hydrogen (secondary N) is 1. The molecule has 3 aromatic rings. The van der Waals surface area contributed by atoms with Crippen LogP contribution in [-0.4, -0.2) is 44.5 Å². The van der Waals surface area contributed by atoms with Crippen molar-refractivity contribution < 1.29 is 21.3 Å². The molecule has 28 heavy (non-hydrogen) atoms. The highest BCUT2D eigenvalue weighted by atomic mass is 32.2. The highest BCUT2D eigenvalue weighted by Gasteiger charge is 2.38. The third-order valence-corrected chi connectivity index (χ3v) is 8.60. The molecule has 2 heterocycles. The summed E-state index contributed by atoms with van der Waals surface area (Å²) < 4.78 is 57.8. The Morgan fingerprint density at radius 3 is 2.54 bits per heavy atom. The quantitative estimate of drug-likeness (QED) is 0.669. The maximum atomic E-state index is 13.1. The van der Waals surface area contributed by atoms with Crippen molar-refractivity contribution in [2.24, 2.45) is 0 Å². The van der Waals surface area contributed by atoms with Gasteiger partial charge in [-0.25, -0.2) is 21.6 Å². The first-order chi connectivity index (χ1) is 13.3. The first-order valence-electron chi connectivity index (χ1n) is 8.70. The van der Waals surface area contributed by atoms with Gasteiger partial charge in [-0.1, -0.05) is 18.2 Å². The van der Waals surface area contributed by atoms with Gasteiger partial charge in [-0.2, -0.15) is 4.31 Å². The molecular weight excluding hydrogens is 404 g/mol. The van der Waals surface area contributed by atoms with Crippen LogP contribution in [0, 0.1) is 0 Å². The van der Waals surface area contributed by atoms with E-state index in [0.29, 0.717) is 12.8 Å². The first-order valence-corrected chi connectivity index (χ1v) is 11.8. The van der Waals surface area contributed by atoms with Gasteiger partial charge in [0.25, 0.3) is 0 Å². The highest BCUT2D eigenvalue weighted by Crippen LogP contribution is 2.29. The van der Waals surface area contributed by atoms with Crippen molar-refractivity contribution in [1.29, 1.82) is 0 Å². The van der Waals surface area contributed by atoms with Crippen LogP contribution < -0.4 is 5.76 Å². The van der Waals surface area contributed by atoms with E-state index in [2.05, 4.69) is 4.98 Å². The summed E-state index contributed by atoms with van der Waals surface area (Å²) in [7, 11) is -7.54. The van der Waals surface area contributed by atoms with E-state index in [-0.39, 0.29) is 33.2 Å². The molecule has 1 N–H and O–H groups in total. The third-order valence-electron chi connectivity index (χ3n) is 4.83. The molecular formula is C18H18N2O6S2. The second kappa shape index (κ2) is 6.87. The van der Waals surface area contributed by atoms with Crippen LogP contribution in [0.5, 0.6) is 0 Å². The van der Waals surface area contributed by atoms with Crippen molar-refractivity contribution >= 4 is 31.0 Å². The Kier molecular flexibility index (Phi) is 4.64.